The SMILES string of the molecule is NS(=O)(=O)c1ccc(N2CCC(c3ncc(C(F)(F)F)[nH]3)CC2)cc1C(F)(F)F. The summed E-state index contributed by atoms with van der Waals surface area (Å²) >= 11 is 0. The lowest BCUT2D eigenvalue weighted by molar-refractivity contribution is -0.141. The zero-order valence-corrected chi connectivity index (χ0v) is 15.5. The molecule has 1 saturated heterocycles. The van der Waals surface area contributed by atoms with Crippen molar-refractivity contribution in [2.45, 2.75) is 36.0 Å². The monoisotopic (exact) mass is 442 g/mol. The van der Waals surface area contributed by atoms with Crippen LogP contribution in [-0.4, -0.2) is 31.5 Å². The second-order valence-corrected chi connectivity index (χ2v) is 8.19. The van der Waals surface area contributed by atoms with Crippen LogP contribution in [0.25, 0.3) is 0 Å². The van der Waals surface area contributed by atoms with Gasteiger partial charge in [-0.1, -0.05) is 0 Å². The molecule has 0 saturated carbocycles. The van der Waals surface area contributed by atoms with Crippen molar-refractivity contribution in [2.24, 2.45) is 5.14 Å². The molecular formula is C16H16F6N4O2S. The van der Waals surface area contributed by atoms with Crippen LogP contribution in [0.5, 0.6) is 0 Å². The molecule has 0 spiro atoms. The quantitative estimate of drug-likeness (QED) is 0.712. The molecule has 1 aromatic heterocycles. The fourth-order valence-corrected chi connectivity index (χ4v) is 4.02. The van der Waals surface area contributed by atoms with Crippen molar-refractivity contribution in [2.75, 3.05) is 18.0 Å². The van der Waals surface area contributed by atoms with E-state index in [1.165, 1.54) is 6.07 Å². The average Bonchev–Trinajstić information content (AvgIpc) is 3.10. The lowest BCUT2D eigenvalue weighted by Crippen LogP contribution is -2.33. The van der Waals surface area contributed by atoms with Crippen LogP contribution in [-0.2, 0) is 22.4 Å². The predicted molar refractivity (Wildman–Crippen MR) is 90.6 cm³/mol. The normalized spacial score (nSPS) is 17.0. The number of nitrogens with one attached hydrogen (secondary N) is 1. The molecular weight excluding hydrogens is 426 g/mol. The van der Waals surface area contributed by atoms with Crippen LogP contribution >= 0.6 is 0 Å². The number of rotatable bonds is 3. The van der Waals surface area contributed by atoms with Gasteiger partial charge in [-0.15, -0.1) is 0 Å². The Hall–Kier alpha value is -2.28. The molecule has 2 heterocycles. The molecule has 6 nitrogen and oxygen atoms in total. The van der Waals surface area contributed by atoms with Gasteiger partial charge in [-0.2, -0.15) is 26.3 Å². The molecule has 0 amide bonds. The second kappa shape index (κ2) is 7.20. The Morgan fingerprint density at radius 3 is 2.17 bits per heavy atom. The van der Waals surface area contributed by atoms with E-state index in [0.717, 1.165) is 6.07 Å². The van der Waals surface area contributed by atoms with Crippen molar-refractivity contribution < 1.29 is 34.8 Å². The van der Waals surface area contributed by atoms with Crippen molar-refractivity contribution in [3.05, 3.63) is 41.5 Å². The zero-order chi connectivity index (χ0) is 21.6. The lowest BCUT2D eigenvalue weighted by atomic mass is 9.95. The third-order valence-electron chi connectivity index (χ3n) is 4.72. The van der Waals surface area contributed by atoms with Gasteiger partial charge in [0, 0.05) is 24.7 Å². The number of imidazole rings is 1. The van der Waals surface area contributed by atoms with Crippen LogP contribution in [0.4, 0.5) is 32.0 Å². The maximum Gasteiger partial charge on any atom is 0.432 e. The van der Waals surface area contributed by atoms with Gasteiger partial charge in [0.05, 0.1) is 16.7 Å². The van der Waals surface area contributed by atoms with Gasteiger partial charge in [0.2, 0.25) is 10.0 Å². The number of primary sulfonamides is 1. The second-order valence-electron chi connectivity index (χ2n) is 6.66. The van der Waals surface area contributed by atoms with Crippen molar-refractivity contribution in [3.8, 4) is 0 Å². The lowest BCUT2D eigenvalue weighted by Gasteiger charge is -2.33. The fourth-order valence-electron chi connectivity index (χ4n) is 3.28. The highest BCUT2D eigenvalue weighted by molar-refractivity contribution is 7.89. The van der Waals surface area contributed by atoms with E-state index in [4.69, 9.17) is 5.14 Å². The maximum absolute atomic E-state index is 13.3. The van der Waals surface area contributed by atoms with E-state index in [1.54, 1.807) is 4.90 Å². The van der Waals surface area contributed by atoms with Crippen LogP contribution in [0.3, 0.4) is 0 Å². The number of aromatic amines is 1. The first-order chi connectivity index (χ1) is 13.3. The molecule has 3 N–H and O–H groups in total. The molecule has 0 atom stereocenters. The molecule has 1 aliphatic rings. The summed E-state index contributed by atoms with van der Waals surface area (Å²) < 4.78 is 101. The molecule has 160 valence electrons. The summed E-state index contributed by atoms with van der Waals surface area (Å²) in [7, 11) is -4.56. The standard InChI is InChI=1S/C16H16F6N4O2S/c17-15(18,19)11-7-10(1-2-12(11)29(23,27)28)26-5-3-9(4-6-26)14-24-8-13(25-14)16(20,21)22/h1-2,7-9H,3-6H2,(H,24,25)(H2,23,27,28). The van der Waals surface area contributed by atoms with Crippen molar-refractivity contribution in [3.63, 3.8) is 0 Å². The molecule has 1 aliphatic heterocycles. The Bertz CT molecular complexity index is 992. The van der Waals surface area contributed by atoms with Crippen molar-refractivity contribution in [1.29, 1.82) is 0 Å². The fraction of sp³-hybridized carbons (Fsp3) is 0.438. The molecule has 3 rings (SSSR count). The first-order valence-electron chi connectivity index (χ1n) is 8.38. The van der Waals surface area contributed by atoms with Crippen LogP contribution < -0.4 is 10.0 Å². The Balaban J connectivity index is 1.78. The topological polar surface area (TPSA) is 92.1 Å². The highest BCUT2D eigenvalue weighted by atomic mass is 32.2. The van der Waals surface area contributed by atoms with Gasteiger partial charge >= 0.3 is 12.4 Å². The van der Waals surface area contributed by atoms with Crippen LogP contribution in [0.2, 0.25) is 0 Å². The molecule has 0 unspecified atom stereocenters. The minimum Gasteiger partial charge on any atom is -0.371 e. The summed E-state index contributed by atoms with van der Waals surface area (Å²) in [5.74, 6) is -0.120. The number of benzene rings is 1. The minimum absolute atomic E-state index is 0.151. The minimum atomic E-state index is -4.92. The van der Waals surface area contributed by atoms with E-state index in [9.17, 15) is 34.8 Å². The molecule has 1 fully saturated rings. The Morgan fingerprint density at radius 1 is 1.07 bits per heavy atom. The molecule has 29 heavy (non-hydrogen) atoms. The largest absolute Gasteiger partial charge is 0.432 e. The van der Waals surface area contributed by atoms with Crippen LogP contribution in [0.15, 0.2) is 29.3 Å². The smallest absolute Gasteiger partial charge is 0.371 e. The summed E-state index contributed by atoms with van der Waals surface area (Å²) in [6, 6.07) is 2.75. The molecule has 0 aliphatic carbocycles. The maximum atomic E-state index is 13.3. The number of piperidine rings is 1. The van der Waals surface area contributed by atoms with E-state index < -0.39 is 38.5 Å². The number of nitrogens with zero attached hydrogens (tertiary/aromatic N) is 2. The Morgan fingerprint density at radius 2 is 1.69 bits per heavy atom. The molecule has 0 bridgehead atoms. The van der Waals surface area contributed by atoms with Crippen molar-refractivity contribution >= 4 is 15.7 Å². The van der Waals surface area contributed by atoms with Gasteiger partial charge in [0.1, 0.15) is 11.5 Å². The first kappa shape index (κ1) is 21.4. The highest BCUT2D eigenvalue weighted by Gasteiger charge is 2.38. The van der Waals surface area contributed by atoms with Gasteiger partial charge in [-0.05, 0) is 31.0 Å². The van der Waals surface area contributed by atoms with E-state index >= 15 is 0 Å². The van der Waals surface area contributed by atoms with E-state index in [0.29, 0.717) is 25.1 Å². The summed E-state index contributed by atoms with van der Waals surface area (Å²) in [5.41, 5.74) is -2.16. The van der Waals surface area contributed by atoms with Gasteiger partial charge in [-0.25, -0.2) is 18.5 Å². The Kier molecular flexibility index (Phi) is 5.32. The first-order valence-corrected chi connectivity index (χ1v) is 9.92. The highest BCUT2D eigenvalue weighted by Crippen LogP contribution is 2.38. The number of H-pyrrole nitrogens is 1. The van der Waals surface area contributed by atoms with E-state index in [1.807, 2.05) is 0 Å². The van der Waals surface area contributed by atoms with E-state index in [2.05, 4.69) is 9.97 Å². The van der Waals surface area contributed by atoms with E-state index in [-0.39, 0.29) is 30.5 Å². The number of anilines is 1. The molecule has 0 radical (unpaired) electrons. The van der Waals surface area contributed by atoms with Gasteiger partial charge < -0.3 is 9.88 Å². The number of sulfonamides is 1. The van der Waals surface area contributed by atoms with Gasteiger partial charge in [0.15, 0.2) is 0 Å². The zero-order valence-electron chi connectivity index (χ0n) is 14.7. The van der Waals surface area contributed by atoms with Crippen LogP contribution in [0, 0.1) is 0 Å². The number of aromatic nitrogens is 2. The number of hydrogen-bond acceptors (Lipinski definition) is 4. The number of halogens is 6. The van der Waals surface area contributed by atoms with Crippen LogP contribution in [0.1, 0.15) is 35.8 Å². The summed E-state index contributed by atoms with van der Waals surface area (Å²) in [5, 5.41) is 4.87. The number of nitrogens with two attached hydrogens (primary N) is 1. The Labute approximate surface area is 161 Å². The molecule has 13 heteroatoms. The third-order valence-corrected chi connectivity index (χ3v) is 5.69. The van der Waals surface area contributed by atoms with Crippen molar-refractivity contribution in [1.82, 2.24) is 9.97 Å². The summed E-state index contributed by atoms with van der Waals surface area (Å²) in [6.07, 6.45) is -8.02. The average molecular weight is 442 g/mol. The van der Waals surface area contributed by atoms with Gasteiger partial charge in [0.25, 0.3) is 0 Å². The molecule has 1 aromatic carbocycles. The predicted octanol–water partition coefficient (Wildman–Crippen LogP) is 3.48. The third kappa shape index (κ3) is 4.66. The molecule has 2 aromatic rings. The number of hydrogen-bond donors (Lipinski definition) is 2. The number of alkyl halides is 6. The summed E-state index contributed by atoms with van der Waals surface area (Å²) in [6.45, 7) is 0.525. The van der Waals surface area contributed by atoms with Gasteiger partial charge in [-0.3, -0.25) is 0 Å². The summed E-state index contributed by atoms with van der Waals surface area (Å²) in [4.78, 5) is 6.60.